The molecule has 0 aliphatic carbocycles. The van der Waals surface area contributed by atoms with Crippen molar-refractivity contribution in [1.29, 1.82) is 0 Å². The number of hydrogen-bond donors (Lipinski definition) is 0. The third-order valence-corrected chi connectivity index (χ3v) is 4.01. The molecule has 0 N–H and O–H groups in total. The summed E-state index contributed by atoms with van der Waals surface area (Å²) in [4.78, 5) is 23.1. The highest BCUT2D eigenvalue weighted by atomic mass is 35.5. The lowest BCUT2D eigenvalue weighted by Crippen LogP contribution is -2.10. The molecule has 0 amide bonds. The second-order valence-electron chi connectivity index (χ2n) is 5.49. The summed E-state index contributed by atoms with van der Waals surface area (Å²) in [6, 6.07) is 5.22. The van der Waals surface area contributed by atoms with E-state index in [1.54, 1.807) is 12.1 Å². The molecule has 6 heteroatoms. The molecule has 0 aliphatic rings. The van der Waals surface area contributed by atoms with Crippen LogP contribution in [0, 0.1) is 0 Å². The number of unbranched alkanes of at least 4 members (excludes halogenated alkanes) is 2. The zero-order valence-corrected chi connectivity index (χ0v) is 15.5. The third-order valence-electron chi connectivity index (χ3n) is 3.42. The van der Waals surface area contributed by atoms with Gasteiger partial charge in [-0.05, 0) is 30.5 Å². The van der Waals surface area contributed by atoms with Crippen molar-refractivity contribution in [2.75, 3.05) is 13.2 Å². The van der Waals surface area contributed by atoms with Crippen molar-refractivity contribution in [3.63, 3.8) is 0 Å². The van der Waals surface area contributed by atoms with Crippen LogP contribution >= 0.6 is 23.2 Å². The van der Waals surface area contributed by atoms with Gasteiger partial charge in [0.05, 0.1) is 13.2 Å². The maximum absolute atomic E-state index is 11.6. The van der Waals surface area contributed by atoms with Crippen LogP contribution in [0.1, 0.15) is 51.0 Å². The second kappa shape index (κ2) is 12.2. The zero-order valence-electron chi connectivity index (χ0n) is 14.0. The van der Waals surface area contributed by atoms with Crippen LogP contribution < -0.4 is 0 Å². The van der Waals surface area contributed by atoms with E-state index in [0.717, 1.165) is 24.8 Å². The van der Waals surface area contributed by atoms with Crippen LogP contribution in [0.5, 0.6) is 0 Å². The third kappa shape index (κ3) is 9.14. The van der Waals surface area contributed by atoms with Crippen LogP contribution in [-0.2, 0) is 25.5 Å². The molecular formula is C18H24Cl2O4. The Morgan fingerprint density at radius 3 is 2.25 bits per heavy atom. The van der Waals surface area contributed by atoms with Gasteiger partial charge in [0.1, 0.15) is 0 Å². The lowest BCUT2D eigenvalue weighted by atomic mass is 10.1. The molecule has 1 rings (SSSR count). The SMILES string of the molecule is CCCCCOC(=O)CCCC(=O)OCCc1ccc(Cl)cc1Cl. The monoisotopic (exact) mass is 374 g/mol. The Morgan fingerprint density at radius 1 is 0.958 bits per heavy atom. The van der Waals surface area contributed by atoms with Gasteiger partial charge in [0.15, 0.2) is 0 Å². The molecular weight excluding hydrogens is 351 g/mol. The molecule has 0 aliphatic heterocycles. The van der Waals surface area contributed by atoms with Gasteiger partial charge in [0.2, 0.25) is 0 Å². The molecule has 4 nitrogen and oxygen atoms in total. The molecule has 1 aromatic carbocycles. The van der Waals surface area contributed by atoms with Crippen molar-refractivity contribution in [2.24, 2.45) is 0 Å². The number of rotatable bonds is 11. The minimum absolute atomic E-state index is 0.207. The molecule has 134 valence electrons. The van der Waals surface area contributed by atoms with E-state index < -0.39 is 0 Å². The Morgan fingerprint density at radius 2 is 1.62 bits per heavy atom. The fraction of sp³-hybridized carbons (Fsp3) is 0.556. The maximum Gasteiger partial charge on any atom is 0.305 e. The number of hydrogen-bond acceptors (Lipinski definition) is 4. The van der Waals surface area contributed by atoms with Crippen molar-refractivity contribution >= 4 is 35.1 Å². The first-order valence-electron chi connectivity index (χ1n) is 8.28. The summed E-state index contributed by atoms with van der Waals surface area (Å²) in [5.41, 5.74) is 0.879. The fourth-order valence-electron chi connectivity index (χ4n) is 2.06. The Labute approximate surface area is 153 Å². The number of carbonyl (C=O) groups is 2. The predicted molar refractivity (Wildman–Crippen MR) is 95.5 cm³/mol. The van der Waals surface area contributed by atoms with Crippen LogP contribution in [0.15, 0.2) is 18.2 Å². The molecule has 24 heavy (non-hydrogen) atoms. The van der Waals surface area contributed by atoms with Crippen LogP contribution in [0.3, 0.4) is 0 Å². The van der Waals surface area contributed by atoms with Crippen molar-refractivity contribution in [2.45, 2.75) is 51.9 Å². The largest absolute Gasteiger partial charge is 0.466 e. The van der Waals surface area contributed by atoms with E-state index in [2.05, 4.69) is 6.92 Å². The standard InChI is InChI=1S/C18H24Cl2O4/c1-2-3-4-11-23-17(21)6-5-7-18(22)24-12-10-14-8-9-15(19)13-16(14)20/h8-9,13H,2-7,10-12H2,1H3. The molecule has 0 unspecified atom stereocenters. The lowest BCUT2D eigenvalue weighted by molar-refractivity contribution is -0.145. The van der Waals surface area contributed by atoms with Crippen molar-refractivity contribution in [1.82, 2.24) is 0 Å². The van der Waals surface area contributed by atoms with Gasteiger partial charge in [0, 0.05) is 29.3 Å². The average Bonchev–Trinajstić information content (AvgIpc) is 2.54. The van der Waals surface area contributed by atoms with E-state index >= 15 is 0 Å². The van der Waals surface area contributed by atoms with Crippen molar-refractivity contribution in [3.8, 4) is 0 Å². The van der Waals surface area contributed by atoms with Crippen LogP contribution in [0.25, 0.3) is 0 Å². The number of carbonyl (C=O) groups excluding carboxylic acids is 2. The normalized spacial score (nSPS) is 10.5. The van der Waals surface area contributed by atoms with Gasteiger partial charge in [-0.3, -0.25) is 9.59 Å². The number of benzene rings is 1. The number of ether oxygens (including phenoxy) is 2. The summed E-state index contributed by atoms with van der Waals surface area (Å²) < 4.78 is 10.2. The minimum Gasteiger partial charge on any atom is -0.466 e. The number of halogens is 2. The Kier molecular flexibility index (Phi) is 10.5. The van der Waals surface area contributed by atoms with Crippen LogP contribution in [0.4, 0.5) is 0 Å². The molecule has 0 atom stereocenters. The van der Waals surface area contributed by atoms with Crippen molar-refractivity contribution < 1.29 is 19.1 Å². The highest BCUT2D eigenvalue weighted by Crippen LogP contribution is 2.21. The first kappa shape index (κ1) is 20.8. The van der Waals surface area contributed by atoms with E-state index in [0.29, 0.717) is 29.5 Å². The topological polar surface area (TPSA) is 52.6 Å². The lowest BCUT2D eigenvalue weighted by Gasteiger charge is -2.07. The molecule has 0 saturated heterocycles. The summed E-state index contributed by atoms with van der Waals surface area (Å²) in [5, 5.41) is 1.13. The first-order valence-corrected chi connectivity index (χ1v) is 9.03. The van der Waals surface area contributed by atoms with Crippen LogP contribution in [0.2, 0.25) is 10.0 Å². The van der Waals surface area contributed by atoms with Gasteiger partial charge in [-0.1, -0.05) is 49.0 Å². The molecule has 0 fully saturated rings. The van der Waals surface area contributed by atoms with Gasteiger partial charge >= 0.3 is 11.9 Å². The first-order chi connectivity index (χ1) is 11.5. The van der Waals surface area contributed by atoms with Gasteiger partial charge in [-0.2, -0.15) is 0 Å². The smallest absolute Gasteiger partial charge is 0.305 e. The fourth-order valence-corrected chi connectivity index (χ4v) is 2.56. The van der Waals surface area contributed by atoms with E-state index in [1.165, 1.54) is 0 Å². The molecule has 0 aromatic heterocycles. The Balaban J connectivity index is 2.10. The summed E-state index contributed by atoms with van der Waals surface area (Å²) in [5.74, 6) is -0.578. The zero-order chi connectivity index (χ0) is 17.8. The summed E-state index contributed by atoms with van der Waals surface area (Å²) >= 11 is 11.9. The highest BCUT2D eigenvalue weighted by molar-refractivity contribution is 6.35. The molecule has 0 saturated carbocycles. The van der Waals surface area contributed by atoms with Gasteiger partial charge in [-0.25, -0.2) is 0 Å². The van der Waals surface area contributed by atoms with Crippen molar-refractivity contribution in [3.05, 3.63) is 33.8 Å². The molecule has 1 aromatic rings. The van der Waals surface area contributed by atoms with E-state index in [4.69, 9.17) is 32.7 Å². The van der Waals surface area contributed by atoms with Gasteiger partial charge in [-0.15, -0.1) is 0 Å². The summed E-state index contributed by atoms with van der Waals surface area (Å²) in [6.07, 6.45) is 4.44. The van der Waals surface area contributed by atoms with Gasteiger partial charge in [0.25, 0.3) is 0 Å². The maximum atomic E-state index is 11.6. The molecule has 0 bridgehead atoms. The van der Waals surface area contributed by atoms with E-state index in [-0.39, 0.29) is 31.4 Å². The summed E-state index contributed by atoms with van der Waals surface area (Å²) in [6.45, 7) is 2.80. The van der Waals surface area contributed by atoms with Gasteiger partial charge < -0.3 is 9.47 Å². The predicted octanol–water partition coefficient (Wildman–Crippen LogP) is 4.98. The second-order valence-corrected chi connectivity index (χ2v) is 6.33. The molecule has 0 radical (unpaired) electrons. The molecule has 0 spiro atoms. The summed E-state index contributed by atoms with van der Waals surface area (Å²) in [7, 11) is 0. The van der Waals surface area contributed by atoms with Crippen LogP contribution in [-0.4, -0.2) is 25.2 Å². The average molecular weight is 375 g/mol. The quantitative estimate of drug-likeness (QED) is 0.404. The Hall–Kier alpha value is -1.26. The van der Waals surface area contributed by atoms with E-state index in [1.807, 2.05) is 6.07 Å². The molecule has 0 heterocycles. The highest BCUT2D eigenvalue weighted by Gasteiger charge is 2.08. The van der Waals surface area contributed by atoms with E-state index in [9.17, 15) is 9.59 Å². The number of esters is 2. The Bertz CT molecular complexity index is 532. The minimum atomic E-state index is -0.320.